The lowest BCUT2D eigenvalue weighted by atomic mass is 10.1. The molecule has 1 saturated heterocycles. The Kier molecular flexibility index (Phi) is 7.31. The first-order chi connectivity index (χ1) is 20.1. The number of aromatic nitrogens is 4. The Balaban J connectivity index is 1.43. The number of benzene rings is 2. The van der Waals surface area contributed by atoms with Gasteiger partial charge in [0.2, 0.25) is 11.7 Å². The van der Waals surface area contributed by atoms with Gasteiger partial charge in [0, 0.05) is 38.2 Å². The van der Waals surface area contributed by atoms with Gasteiger partial charge in [-0.05, 0) is 36.2 Å². The molecule has 6 rings (SSSR count). The first kappa shape index (κ1) is 28.0. The summed E-state index contributed by atoms with van der Waals surface area (Å²) in [7, 11) is 0. The molecule has 1 amide bonds. The molecule has 2 aromatic carbocycles. The fraction of sp³-hybridized carbons (Fsp3) is 0.357. The van der Waals surface area contributed by atoms with Crippen LogP contribution in [-0.2, 0) is 30.4 Å². The van der Waals surface area contributed by atoms with Crippen molar-refractivity contribution in [2.45, 2.75) is 32.5 Å². The van der Waals surface area contributed by atoms with Crippen molar-refractivity contribution in [1.29, 1.82) is 0 Å². The van der Waals surface area contributed by atoms with Gasteiger partial charge in [-0.25, -0.2) is 0 Å². The molecule has 2 aliphatic rings. The van der Waals surface area contributed by atoms with Gasteiger partial charge in [-0.1, -0.05) is 30.7 Å². The lowest BCUT2D eigenvalue weighted by Gasteiger charge is -2.31. The SMILES string of the molecule is CCc1c(N2CCNCC2)c(=O)n2nc(-c3ccc4c(c3)OCC4)nc2n1CC(=O)Nc1ccc(C(F)(F)F)cc1Cl. The summed E-state index contributed by atoms with van der Waals surface area (Å²) in [6.45, 7) is 4.74. The number of rotatable bonds is 6. The quantitative estimate of drug-likeness (QED) is 0.347. The molecular formula is C28H27ClF3N7O3. The van der Waals surface area contributed by atoms with Gasteiger partial charge in [-0.15, -0.1) is 5.10 Å². The third-order valence-electron chi connectivity index (χ3n) is 7.42. The Hall–Kier alpha value is -4.10. The molecule has 0 atom stereocenters. The smallest absolute Gasteiger partial charge is 0.416 e. The summed E-state index contributed by atoms with van der Waals surface area (Å²) in [5, 5.41) is 10.2. The number of carbonyl (C=O) groups is 1. The van der Waals surface area contributed by atoms with E-state index in [1.54, 1.807) is 4.57 Å². The summed E-state index contributed by atoms with van der Waals surface area (Å²) >= 11 is 6.08. The van der Waals surface area contributed by atoms with E-state index in [0.29, 0.717) is 62.0 Å². The van der Waals surface area contributed by atoms with Crippen molar-refractivity contribution in [3.8, 4) is 17.1 Å². The van der Waals surface area contributed by atoms with E-state index in [0.717, 1.165) is 35.9 Å². The number of alkyl halides is 3. The van der Waals surface area contributed by atoms with E-state index in [4.69, 9.17) is 16.3 Å². The maximum absolute atomic E-state index is 13.9. The fourth-order valence-corrected chi connectivity index (χ4v) is 5.60. The zero-order chi connectivity index (χ0) is 29.6. The van der Waals surface area contributed by atoms with Crippen molar-refractivity contribution in [3.05, 3.63) is 68.6 Å². The number of amides is 1. The molecule has 42 heavy (non-hydrogen) atoms. The summed E-state index contributed by atoms with van der Waals surface area (Å²) in [6.07, 6.45) is -3.35. The number of nitrogens with zero attached hydrogens (tertiary/aromatic N) is 5. The number of hydrogen-bond acceptors (Lipinski definition) is 7. The summed E-state index contributed by atoms with van der Waals surface area (Å²) in [4.78, 5) is 33.8. The first-order valence-corrected chi connectivity index (χ1v) is 13.9. The zero-order valence-corrected chi connectivity index (χ0v) is 23.3. The predicted octanol–water partition coefficient (Wildman–Crippen LogP) is 3.78. The summed E-state index contributed by atoms with van der Waals surface area (Å²) in [6, 6.07) is 8.38. The molecule has 0 bridgehead atoms. The largest absolute Gasteiger partial charge is 0.493 e. The Morgan fingerprint density at radius 1 is 1.17 bits per heavy atom. The van der Waals surface area contributed by atoms with Crippen molar-refractivity contribution in [2.75, 3.05) is 43.0 Å². The van der Waals surface area contributed by atoms with E-state index < -0.39 is 17.6 Å². The van der Waals surface area contributed by atoms with E-state index >= 15 is 0 Å². The lowest BCUT2D eigenvalue weighted by molar-refractivity contribution is -0.137. The van der Waals surface area contributed by atoms with Gasteiger partial charge in [0.05, 0.1) is 28.6 Å². The summed E-state index contributed by atoms with van der Waals surface area (Å²) < 4.78 is 47.8. The number of fused-ring (bicyclic) bond motifs is 2. The van der Waals surface area contributed by atoms with E-state index in [1.807, 2.05) is 30.0 Å². The third-order valence-corrected chi connectivity index (χ3v) is 7.73. The average molecular weight is 602 g/mol. The van der Waals surface area contributed by atoms with Crippen molar-refractivity contribution in [1.82, 2.24) is 24.5 Å². The van der Waals surface area contributed by atoms with E-state index in [2.05, 4.69) is 20.7 Å². The highest BCUT2D eigenvalue weighted by Gasteiger charge is 2.31. The topological polar surface area (TPSA) is 106 Å². The van der Waals surface area contributed by atoms with Crippen LogP contribution >= 0.6 is 11.6 Å². The van der Waals surface area contributed by atoms with Crippen molar-refractivity contribution >= 4 is 34.7 Å². The molecule has 4 aromatic rings. The average Bonchev–Trinajstić information content (AvgIpc) is 3.63. The molecule has 2 aromatic heterocycles. The zero-order valence-electron chi connectivity index (χ0n) is 22.6. The Labute approximate surface area is 243 Å². The standard InChI is InChI=1S/C28H27ClF3N7O3/c1-2-21-24(37-10-8-33-9-11-37)26(41)39-27(35-25(36-39)17-4-3-16-7-12-42-22(16)13-17)38(21)15-23(40)34-20-6-5-18(14-19(20)29)28(30,31)32/h3-6,13-14,33H,2,7-12,15H2,1H3,(H,34,40). The Bertz CT molecular complexity index is 1750. The first-order valence-electron chi connectivity index (χ1n) is 13.5. The van der Waals surface area contributed by atoms with Crippen LogP contribution in [-0.4, -0.2) is 57.9 Å². The summed E-state index contributed by atoms with van der Waals surface area (Å²) in [5.74, 6) is 0.648. The van der Waals surface area contributed by atoms with E-state index in [9.17, 15) is 22.8 Å². The summed E-state index contributed by atoms with van der Waals surface area (Å²) in [5.41, 5.74) is 1.53. The third kappa shape index (κ3) is 5.18. The molecule has 0 radical (unpaired) electrons. The molecule has 4 heterocycles. The minimum Gasteiger partial charge on any atom is -0.493 e. The molecule has 0 aliphatic carbocycles. The van der Waals surface area contributed by atoms with E-state index in [1.165, 1.54) is 4.52 Å². The fourth-order valence-electron chi connectivity index (χ4n) is 5.37. The van der Waals surface area contributed by atoms with Gasteiger partial charge >= 0.3 is 6.18 Å². The van der Waals surface area contributed by atoms with Gasteiger partial charge < -0.3 is 24.8 Å². The minimum absolute atomic E-state index is 0.0346. The molecule has 1 fully saturated rings. The van der Waals surface area contributed by atoms with Gasteiger partial charge in [0.25, 0.3) is 5.56 Å². The lowest BCUT2D eigenvalue weighted by Crippen LogP contribution is -2.47. The molecular weight excluding hydrogens is 575 g/mol. The van der Waals surface area contributed by atoms with Crippen molar-refractivity contribution < 1.29 is 22.7 Å². The second kappa shape index (κ2) is 11.0. The van der Waals surface area contributed by atoms with Gasteiger partial charge in [0.15, 0.2) is 5.82 Å². The van der Waals surface area contributed by atoms with Crippen LogP contribution in [0.3, 0.4) is 0 Å². The second-order valence-electron chi connectivity index (χ2n) is 10.1. The molecule has 0 saturated carbocycles. The highest BCUT2D eigenvalue weighted by molar-refractivity contribution is 6.33. The molecule has 2 aliphatic heterocycles. The predicted molar refractivity (Wildman–Crippen MR) is 151 cm³/mol. The van der Waals surface area contributed by atoms with Crippen LogP contribution in [0.15, 0.2) is 41.2 Å². The molecule has 2 N–H and O–H groups in total. The highest BCUT2D eigenvalue weighted by Crippen LogP contribution is 2.34. The normalized spacial score (nSPS) is 15.1. The number of carbonyl (C=O) groups excluding carboxylic acids is 1. The minimum atomic E-state index is -4.57. The maximum atomic E-state index is 13.9. The number of ether oxygens (including phenoxy) is 1. The Morgan fingerprint density at radius 2 is 1.95 bits per heavy atom. The van der Waals surface area contributed by atoms with Gasteiger partial charge in [-0.2, -0.15) is 22.7 Å². The number of piperazine rings is 1. The monoisotopic (exact) mass is 601 g/mol. The maximum Gasteiger partial charge on any atom is 0.416 e. The van der Waals surface area contributed by atoms with Crippen LogP contribution in [0.1, 0.15) is 23.7 Å². The molecule has 220 valence electrons. The van der Waals surface area contributed by atoms with Crippen LogP contribution < -0.4 is 25.8 Å². The molecule has 0 spiro atoms. The van der Waals surface area contributed by atoms with Gasteiger partial charge in [0.1, 0.15) is 18.0 Å². The van der Waals surface area contributed by atoms with Crippen molar-refractivity contribution in [2.24, 2.45) is 0 Å². The number of hydrogen-bond donors (Lipinski definition) is 2. The van der Waals surface area contributed by atoms with Crippen LogP contribution in [0.2, 0.25) is 5.02 Å². The van der Waals surface area contributed by atoms with Crippen LogP contribution in [0.4, 0.5) is 24.5 Å². The second-order valence-corrected chi connectivity index (χ2v) is 10.5. The van der Waals surface area contributed by atoms with Crippen LogP contribution in [0.5, 0.6) is 5.75 Å². The molecule has 14 heteroatoms. The van der Waals surface area contributed by atoms with Crippen LogP contribution in [0.25, 0.3) is 17.2 Å². The molecule has 10 nitrogen and oxygen atoms in total. The van der Waals surface area contributed by atoms with Crippen LogP contribution in [0, 0.1) is 0 Å². The number of nitrogens with one attached hydrogen (secondary N) is 2. The van der Waals surface area contributed by atoms with Crippen molar-refractivity contribution in [3.63, 3.8) is 0 Å². The number of anilines is 2. The highest BCUT2D eigenvalue weighted by atomic mass is 35.5. The van der Waals surface area contributed by atoms with Gasteiger partial charge in [-0.3, -0.25) is 9.59 Å². The van der Waals surface area contributed by atoms with E-state index in [-0.39, 0.29) is 28.6 Å². The number of halogens is 4. The molecule has 0 unspecified atom stereocenters. The Morgan fingerprint density at radius 3 is 2.67 bits per heavy atom.